The number of anilines is 1. The number of carbonyl (C=O) groups excluding carboxylic acids is 1. The van der Waals surface area contributed by atoms with Crippen molar-refractivity contribution >= 4 is 11.5 Å². The SMILES string of the molecule is NCC1(CC(=O)c2cnccc2N)CCCCC1. The van der Waals surface area contributed by atoms with E-state index in [0.29, 0.717) is 24.2 Å². The molecule has 4 nitrogen and oxygen atoms in total. The fraction of sp³-hybridized carbons (Fsp3) is 0.571. The third kappa shape index (κ3) is 2.70. The molecule has 0 radical (unpaired) electrons. The van der Waals surface area contributed by atoms with Crippen molar-refractivity contribution in [2.24, 2.45) is 11.1 Å². The summed E-state index contributed by atoms with van der Waals surface area (Å²) in [6.07, 6.45) is 9.37. The summed E-state index contributed by atoms with van der Waals surface area (Å²) >= 11 is 0. The number of nitrogens with zero attached hydrogens (tertiary/aromatic N) is 1. The topological polar surface area (TPSA) is 82.0 Å². The summed E-state index contributed by atoms with van der Waals surface area (Å²) in [5, 5.41) is 0. The van der Waals surface area contributed by atoms with Gasteiger partial charge in [0.15, 0.2) is 5.78 Å². The van der Waals surface area contributed by atoms with Crippen molar-refractivity contribution in [2.45, 2.75) is 38.5 Å². The van der Waals surface area contributed by atoms with Gasteiger partial charge >= 0.3 is 0 Å². The van der Waals surface area contributed by atoms with Crippen LogP contribution in [0.2, 0.25) is 0 Å². The molecule has 0 atom stereocenters. The number of aromatic nitrogens is 1. The van der Waals surface area contributed by atoms with E-state index in [1.54, 1.807) is 18.5 Å². The number of Topliss-reactive ketones (excluding diaryl/α,β-unsaturated/α-hetero) is 1. The smallest absolute Gasteiger partial charge is 0.167 e. The molecule has 0 aromatic carbocycles. The minimum atomic E-state index is -0.0163. The van der Waals surface area contributed by atoms with Crippen LogP contribution in [0.25, 0.3) is 0 Å². The monoisotopic (exact) mass is 247 g/mol. The van der Waals surface area contributed by atoms with Crippen LogP contribution in [0, 0.1) is 5.41 Å². The highest BCUT2D eigenvalue weighted by Crippen LogP contribution is 2.39. The van der Waals surface area contributed by atoms with Crippen LogP contribution in [-0.4, -0.2) is 17.3 Å². The first-order chi connectivity index (χ1) is 8.67. The maximum Gasteiger partial charge on any atom is 0.167 e. The van der Waals surface area contributed by atoms with Crippen LogP contribution in [0.5, 0.6) is 0 Å². The van der Waals surface area contributed by atoms with Crippen LogP contribution in [0.15, 0.2) is 18.5 Å². The number of nitrogens with two attached hydrogens (primary N) is 2. The lowest BCUT2D eigenvalue weighted by molar-refractivity contribution is 0.0868. The van der Waals surface area contributed by atoms with Gasteiger partial charge in [-0.25, -0.2) is 0 Å². The van der Waals surface area contributed by atoms with Gasteiger partial charge in [-0.15, -0.1) is 0 Å². The second kappa shape index (κ2) is 5.48. The molecule has 1 aliphatic carbocycles. The molecule has 0 saturated heterocycles. The maximum absolute atomic E-state index is 12.3. The van der Waals surface area contributed by atoms with Gasteiger partial charge in [0, 0.05) is 24.5 Å². The highest BCUT2D eigenvalue weighted by atomic mass is 16.1. The number of ketones is 1. The summed E-state index contributed by atoms with van der Waals surface area (Å²) in [4.78, 5) is 16.3. The molecule has 1 aliphatic rings. The molecular formula is C14H21N3O. The Morgan fingerprint density at radius 2 is 2.06 bits per heavy atom. The zero-order valence-corrected chi connectivity index (χ0v) is 10.7. The summed E-state index contributed by atoms with van der Waals surface area (Å²) in [6.45, 7) is 0.582. The maximum atomic E-state index is 12.3. The summed E-state index contributed by atoms with van der Waals surface area (Å²) in [7, 11) is 0. The van der Waals surface area contributed by atoms with Crippen LogP contribution < -0.4 is 11.5 Å². The van der Waals surface area contributed by atoms with E-state index in [0.717, 1.165) is 12.8 Å². The van der Waals surface area contributed by atoms with Gasteiger partial charge in [-0.1, -0.05) is 19.3 Å². The van der Waals surface area contributed by atoms with Crippen LogP contribution >= 0.6 is 0 Å². The highest BCUT2D eigenvalue weighted by molar-refractivity contribution is 6.00. The molecule has 4 heteroatoms. The van der Waals surface area contributed by atoms with E-state index in [4.69, 9.17) is 11.5 Å². The Morgan fingerprint density at radius 1 is 1.33 bits per heavy atom. The number of hydrogen-bond acceptors (Lipinski definition) is 4. The van der Waals surface area contributed by atoms with E-state index in [2.05, 4.69) is 4.98 Å². The van der Waals surface area contributed by atoms with Crippen molar-refractivity contribution in [2.75, 3.05) is 12.3 Å². The van der Waals surface area contributed by atoms with Crippen LogP contribution in [0.3, 0.4) is 0 Å². The standard InChI is InChI=1S/C14H21N3O/c15-10-14(5-2-1-3-6-14)8-13(18)11-9-17-7-4-12(11)16/h4,7,9H,1-3,5-6,8,10,15H2,(H2,16,17). The zero-order chi connectivity index (χ0) is 13.0. The van der Waals surface area contributed by atoms with Gasteiger partial charge in [0.25, 0.3) is 0 Å². The van der Waals surface area contributed by atoms with E-state index in [1.807, 2.05) is 0 Å². The van der Waals surface area contributed by atoms with Gasteiger partial charge < -0.3 is 11.5 Å². The van der Waals surface area contributed by atoms with Crippen LogP contribution in [0.1, 0.15) is 48.9 Å². The fourth-order valence-corrected chi connectivity index (χ4v) is 2.83. The normalized spacial score (nSPS) is 18.5. The number of rotatable bonds is 4. The quantitative estimate of drug-likeness (QED) is 0.799. The molecule has 1 aromatic rings. The summed E-state index contributed by atoms with van der Waals surface area (Å²) < 4.78 is 0. The number of pyridine rings is 1. The molecule has 2 rings (SSSR count). The van der Waals surface area contributed by atoms with E-state index in [9.17, 15) is 4.79 Å². The Kier molecular flexibility index (Phi) is 3.97. The van der Waals surface area contributed by atoms with Gasteiger partial charge in [-0.2, -0.15) is 0 Å². The Morgan fingerprint density at radius 3 is 2.67 bits per heavy atom. The Labute approximate surface area is 108 Å². The molecule has 0 spiro atoms. The van der Waals surface area contributed by atoms with Crippen LogP contribution in [0.4, 0.5) is 5.69 Å². The fourth-order valence-electron chi connectivity index (χ4n) is 2.83. The van der Waals surface area contributed by atoms with Gasteiger partial charge in [-0.3, -0.25) is 9.78 Å². The summed E-state index contributed by atoms with van der Waals surface area (Å²) in [5.41, 5.74) is 12.8. The van der Waals surface area contributed by atoms with Crippen molar-refractivity contribution in [3.8, 4) is 0 Å². The summed E-state index contributed by atoms with van der Waals surface area (Å²) in [6, 6.07) is 1.67. The third-order valence-corrected chi connectivity index (χ3v) is 4.04. The molecular weight excluding hydrogens is 226 g/mol. The van der Waals surface area contributed by atoms with E-state index in [-0.39, 0.29) is 11.2 Å². The number of hydrogen-bond donors (Lipinski definition) is 2. The molecule has 0 amide bonds. The lowest BCUT2D eigenvalue weighted by Gasteiger charge is -2.35. The van der Waals surface area contributed by atoms with Crippen molar-refractivity contribution in [1.29, 1.82) is 0 Å². The number of carbonyl (C=O) groups is 1. The van der Waals surface area contributed by atoms with Gasteiger partial charge in [-0.05, 0) is 30.9 Å². The van der Waals surface area contributed by atoms with Gasteiger partial charge in [0.2, 0.25) is 0 Å². The molecule has 1 aromatic heterocycles. The molecule has 18 heavy (non-hydrogen) atoms. The lowest BCUT2D eigenvalue weighted by atomic mass is 9.70. The zero-order valence-electron chi connectivity index (χ0n) is 10.7. The molecule has 1 heterocycles. The Hall–Kier alpha value is -1.42. The molecule has 4 N–H and O–H groups in total. The van der Waals surface area contributed by atoms with Crippen molar-refractivity contribution in [3.05, 3.63) is 24.0 Å². The Balaban J connectivity index is 2.13. The molecule has 0 unspecified atom stereocenters. The lowest BCUT2D eigenvalue weighted by Crippen LogP contribution is -2.35. The third-order valence-electron chi connectivity index (χ3n) is 4.04. The van der Waals surface area contributed by atoms with Crippen molar-refractivity contribution in [1.82, 2.24) is 4.98 Å². The minimum absolute atomic E-state index is 0.0163. The van der Waals surface area contributed by atoms with Crippen molar-refractivity contribution < 1.29 is 4.79 Å². The van der Waals surface area contributed by atoms with E-state index in [1.165, 1.54) is 19.3 Å². The van der Waals surface area contributed by atoms with E-state index < -0.39 is 0 Å². The average Bonchev–Trinajstić information content (AvgIpc) is 2.40. The molecule has 0 bridgehead atoms. The highest BCUT2D eigenvalue weighted by Gasteiger charge is 2.33. The predicted octanol–water partition coefficient (Wildman–Crippen LogP) is 2.15. The first kappa shape index (κ1) is 13.0. The average molecular weight is 247 g/mol. The second-order valence-corrected chi connectivity index (χ2v) is 5.33. The van der Waals surface area contributed by atoms with Gasteiger partial charge in [0.1, 0.15) is 0 Å². The Bertz CT molecular complexity index is 425. The minimum Gasteiger partial charge on any atom is -0.398 e. The first-order valence-corrected chi connectivity index (χ1v) is 6.60. The van der Waals surface area contributed by atoms with Crippen molar-refractivity contribution in [3.63, 3.8) is 0 Å². The molecule has 98 valence electrons. The summed E-state index contributed by atoms with van der Waals surface area (Å²) in [5.74, 6) is 0.0768. The van der Waals surface area contributed by atoms with E-state index >= 15 is 0 Å². The van der Waals surface area contributed by atoms with Crippen LogP contribution in [-0.2, 0) is 0 Å². The molecule has 1 fully saturated rings. The number of nitrogen functional groups attached to an aromatic ring is 1. The first-order valence-electron chi connectivity index (χ1n) is 6.60. The molecule has 0 aliphatic heterocycles. The second-order valence-electron chi connectivity index (χ2n) is 5.33. The molecule has 1 saturated carbocycles. The largest absolute Gasteiger partial charge is 0.398 e. The predicted molar refractivity (Wildman–Crippen MR) is 72.2 cm³/mol. The van der Waals surface area contributed by atoms with Gasteiger partial charge in [0.05, 0.1) is 5.56 Å².